The van der Waals surface area contributed by atoms with Crippen LogP contribution in [-0.4, -0.2) is 44.0 Å². The minimum atomic E-state index is -0.189. The molecule has 1 aliphatic rings. The standard InChI is InChI=1S/C23H28N2O4/c1-16-10-12-25(13-11-16)23(27)19-7-5-18(6-8-19)22(26)24-15-17-4-9-20(28-2)21(14-17)29-3/h4-9,14,16H,10-13,15H2,1-3H3,(H,24,26). The number of nitrogens with zero attached hydrogens (tertiary/aromatic N) is 1. The van der Waals surface area contributed by atoms with E-state index in [-0.39, 0.29) is 11.8 Å². The molecule has 1 fully saturated rings. The molecule has 2 amide bonds. The Morgan fingerprint density at radius 1 is 0.966 bits per heavy atom. The highest BCUT2D eigenvalue weighted by molar-refractivity contribution is 5.97. The first-order valence-electron chi connectivity index (χ1n) is 9.90. The summed E-state index contributed by atoms with van der Waals surface area (Å²) in [4.78, 5) is 27.0. The molecule has 0 spiro atoms. The van der Waals surface area contributed by atoms with Crippen molar-refractivity contribution in [3.8, 4) is 11.5 Å². The summed E-state index contributed by atoms with van der Waals surface area (Å²) in [6.45, 7) is 4.18. The normalized spacial score (nSPS) is 14.4. The van der Waals surface area contributed by atoms with Crippen LogP contribution in [0.5, 0.6) is 11.5 Å². The zero-order valence-electron chi connectivity index (χ0n) is 17.2. The van der Waals surface area contributed by atoms with E-state index in [0.717, 1.165) is 31.5 Å². The van der Waals surface area contributed by atoms with E-state index >= 15 is 0 Å². The van der Waals surface area contributed by atoms with Gasteiger partial charge in [-0.15, -0.1) is 0 Å². The molecule has 29 heavy (non-hydrogen) atoms. The molecule has 6 heteroatoms. The summed E-state index contributed by atoms with van der Waals surface area (Å²) >= 11 is 0. The molecule has 0 bridgehead atoms. The minimum Gasteiger partial charge on any atom is -0.493 e. The lowest BCUT2D eigenvalue weighted by molar-refractivity contribution is 0.0696. The molecule has 2 aromatic rings. The molecule has 3 rings (SSSR count). The van der Waals surface area contributed by atoms with Crippen LogP contribution in [0.2, 0.25) is 0 Å². The van der Waals surface area contributed by atoms with Crippen molar-refractivity contribution in [1.82, 2.24) is 10.2 Å². The number of likely N-dealkylation sites (tertiary alicyclic amines) is 1. The number of rotatable bonds is 6. The first-order valence-corrected chi connectivity index (χ1v) is 9.90. The van der Waals surface area contributed by atoms with Crippen LogP contribution in [0.15, 0.2) is 42.5 Å². The number of benzene rings is 2. The third kappa shape index (κ3) is 5.08. The number of piperidine rings is 1. The number of nitrogens with one attached hydrogen (secondary N) is 1. The number of carbonyl (C=O) groups excluding carboxylic acids is 2. The maximum Gasteiger partial charge on any atom is 0.253 e. The van der Waals surface area contributed by atoms with Gasteiger partial charge < -0.3 is 19.7 Å². The molecule has 2 aromatic carbocycles. The van der Waals surface area contributed by atoms with Gasteiger partial charge in [0.25, 0.3) is 11.8 Å². The molecule has 1 heterocycles. The Hall–Kier alpha value is -3.02. The van der Waals surface area contributed by atoms with Crippen LogP contribution in [0.4, 0.5) is 0 Å². The lowest BCUT2D eigenvalue weighted by Gasteiger charge is -2.30. The van der Waals surface area contributed by atoms with Crippen LogP contribution < -0.4 is 14.8 Å². The lowest BCUT2D eigenvalue weighted by atomic mass is 9.98. The largest absolute Gasteiger partial charge is 0.493 e. The molecule has 0 radical (unpaired) electrons. The van der Waals surface area contributed by atoms with E-state index in [2.05, 4.69) is 12.2 Å². The molecule has 154 valence electrons. The quantitative estimate of drug-likeness (QED) is 0.811. The van der Waals surface area contributed by atoms with Crippen LogP contribution in [0.25, 0.3) is 0 Å². The summed E-state index contributed by atoms with van der Waals surface area (Å²) in [5.74, 6) is 1.79. The van der Waals surface area contributed by atoms with E-state index < -0.39 is 0 Å². The molecule has 0 atom stereocenters. The van der Waals surface area contributed by atoms with Crippen molar-refractivity contribution in [2.24, 2.45) is 5.92 Å². The van der Waals surface area contributed by atoms with E-state index in [1.54, 1.807) is 38.5 Å². The Labute approximate surface area is 171 Å². The van der Waals surface area contributed by atoms with Gasteiger partial charge >= 0.3 is 0 Å². The van der Waals surface area contributed by atoms with Gasteiger partial charge in [0.05, 0.1) is 14.2 Å². The van der Waals surface area contributed by atoms with Gasteiger partial charge in [0.15, 0.2) is 11.5 Å². The zero-order valence-corrected chi connectivity index (χ0v) is 17.2. The fraction of sp³-hybridized carbons (Fsp3) is 0.391. The van der Waals surface area contributed by atoms with Crippen molar-refractivity contribution < 1.29 is 19.1 Å². The average molecular weight is 396 g/mol. The minimum absolute atomic E-state index is 0.0363. The van der Waals surface area contributed by atoms with Crippen molar-refractivity contribution in [2.45, 2.75) is 26.3 Å². The summed E-state index contributed by atoms with van der Waals surface area (Å²) in [7, 11) is 3.16. The van der Waals surface area contributed by atoms with Crippen LogP contribution in [0.1, 0.15) is 46.0 Å². The smallest absolute Gasteiger partial charge is 0.253 e. The monoisotopic (exact) mass is 396 g/mol. The first-order chi connectivity index (χ1) is 14.0. The van der Waals surface area contributed by atoms with Crippen molar-refractivity contribution in [1.29, 1.82) is 0 Å². The summed E-state index contributed by atoms with van der Waals surface area (Å²) in [6.07, 6.45) is 2.09. The van der Waals surface area contributed by atoms with Gasteiger partial charge in [-0.1, -0.05) is 13.0 Å². The predicted molar refractivity (Wildman–Crippen MR) is 111 cm³/mol. The number of methoxy groups -OCH3 is 2. The van der Waals surface area contributed by atoms with Crippen molar-refractivity contribution in [3.05, 3.63) is 59.2 Å². The fourth-order valence-corrected chi connectivity index (χ4v) is 3.43. The van der Waals surface area contributed by atoms with Crippen LogP contribution in [0.3, 0.4) is 0 Å². The van der Waals surface area contributed by atoms with E-state index in [9.17, 15) is 9.59 Å². The summed E-state index contributed by atoms with van der Waals surface area (Å²) in [6, 6.07) is 12.4. The maximum atomic E-state index is 12.6. The molecule has 1 N–H and O–H groups in total. The Morgan fingerprint density at radius 3 is 2.21 bits per heavy atom. The van der Waals surface area contributed by atoms with Gasteiger partial charge in [0, 0.05) is 30.8 Å². The van der Waals surface area contributed by atoms with Gasteiger partial charge in [-0.25, -0.2) is 0 Å². The molecule has 1 saturated heterocycles. The third-order valence-corrected chi connectivity index (χ3v) is 5.37. The molecule has 1 aliphatic heterocycles. The fourth-order valence-electron chi connectivity index (χ4n) is 3.43. The van der Waals surface area contributed by atoms with E-state index in [1.165, 1.54) is 0 Å². The van der Waals surface area contributed by atoms with Crippen molar-refractivity contribution in [2.75, 3.05) is 27.3 Å². The number of hydrogen-bond acceptors (Lipinski definition) is 4. The zero-order chi connectivity index (χ0) is 20.8. The Kier molecular flexibility index (Phi) is 6.75. The highest BCUT2D eigenvalue weighted by atomic mass is 16.5. The molecular weight excluding hydrogens is 368 g/mol. The maximum absolute atomic E-state index is 12.6. The van der Waals surface area contributed by atoms with Crippen molar-refractivity contribution >= 4 is 11.8 Å². The lowest BCUT2D eigenvalue weighted by Crippen LogP contribution is -2.37. The van der Waals surface area contributed by atoms with E-state index in [1.807, 2.05) is 23.1 Å². The number of amides is 2. The van der Waals surface area contributed by atoms with Crippen LogP contribution >= 0.6 is 0 Å². The average Bonchev–Trinajstić information content (AvgIpc) is 2.77. The Balaban J connectivity index is 1.58. The van der Waals surface area contributed by atoms with Gasteiger partial charge in [0.2, 0.25) is 0 Å². The number of carbonyl (C=O) groups is 2. The SMILES string of the molecule is COc1ccc(CNC(=O)c2ccc(C(=O)N3CCC(C)CC3)cc2)cc1OC. The summed E-state index contributed by atoms with van der Waals surface area (Å²) in [5.41, 5.74) is 2.05. The Bertz CT molecular complexity index is 856. The Morgan fingerprint density at radius 2 is 1.59 bits per heavy atom. The number of ether oxygens (including phenoxy) is 2. The molecule has 0 aromatic heterocycles. The van der Waals surface area contributed by atoms with Gasteiger partial charge in [0.1, 0.15) is 0 Å². The molecule has 0 aliphatic carbocycles. The topological polar surface area (TPSA) is 67.9 Å². The number of hydrogen-bond donors (Lipinski definition) is 1. The van der Waals surface area contributed by atoms with Gasteiger partial charge in [-0.05, 0) is 60.7 Å². The summed E-state index contributed by atoms with van der Waals surface area (Å²) < 4.78 is 10.5. The highest BCUT2D eigenvalue weighted by Crippen LogP contribution is 2.27. The second kappa shape index (κ2) is 9.45. The van der Waals surface area contributed by atoms with E-state index in [0.29, 0.717) is 35.1 Å². The van der Waals surface area contributed by atoms with Crippen LogP contribution in [-0.2, 0) is 6.54 Å². The second-order valence-electron chi connectivity index (χ2n) is 7.42. The second-order valence-corrected chi connectivity index (χ2v) is 7.42. The van der Waals surface area contributed by atoms with E-state index in [4.69, 9.17) is 9.47 Å². The van der Waals surface area contributed by atoms with Gasteiger partial charge in [-0.2, -0.15) is 0 Å². The molecular formula is C23H28N2O4. The third-order valence-electron chi connectivity index (χ3n) is 5.37. The molecule has 0 unspecified atom stereocenters. The molecule has 6 nitrogen and oxygen atoms in total. The predicted octanol–water partition coefficient (Wildman–Crippen LogP) is 3.51. The highest BCUT2D eigenvalue weighted by Gasteiger charge is 2.21. The molecule has 0 saturated carbocycles. The van der Waals surface area contributed by atoms with Crippen molar-refractivity contribution in [3.63, 3.8) is 0 Å². The first kappa shape index (κ1) is 20.7. The van der Waals surface area contributed by atoms with Gasteiger partial charge in [-0.3, -0.25) is 9.59 Å². The summed E-state index contributed by atoms with van der Waals surface area (Å²) in [5, 5.41) is 2.89. The van der Waals surface area contributed by atoms with Crippen LogP contribution in [0, 0.1) is 5.92 Å².